The predicted octanol–water partition coefficient (Wildman–Crippen LogP) is 2.48. The average Bonchev–Trinajstić information content (AvgIpc) is 3.38. The Morgan fingerprint density at radius 2 is 1.83 bits per heavy atom. The van der Waals surface area contributed by atoms with E-state index in [-0.39, 0.29) is 5.41 Å². The Hall–Kier alpha value is -2.64. The molecule has 7 heteroatoms. The van der Waals surface area contributed by atoms with Crippen LogP contribution in [0.4, 0.5) is 17.2 Å². The molecule has 7 nitrogen and oxygen atoms in total. The number of hydrogen-bond donors (Lipinski definition) is 2. The molecule has 0 amide bonds. The molecule has 0 atom stereocenters. The highest BCUT2D eigenvalue weighted by Gasteiger charge is 2.44. The molecule has 0 aliphatic carbocycles. The van der Waals surface area contributed by atoms with Crippen LogP contribution in [0.3, 0.4) is 0 Å². The van der Waals surface area contributed by atoms with E-state index < -0.39 is 0 Å². The minimum absolute atomic E-state index is 0.191. The van der Waals surface area contributed by atoms with Crippen molar-refractivity contribution in [3.05, 3.63) is 42.4 Å². The van der Waals surface area contributed by atoms with E-state index in [0.29, 0.717) is 0 Å². The second-order valence-electron chi connectivity index (χ2n) is 9.05. The van der Waals surface area contributed by atoms with Crippen molar-refractivity contribution >= 4 is 28.2 Å². The minimum atomic E-state index is 0.191. The lowest BCUT2D eigenvalue weighted by molar-refractivity contribution is 0.312. The number of fused-ring (bicyclic) bond motifs is 3. The Kier molecular flexibility index (Phi) is 4.21. The molecule has 3 aromatic rings. The van der Waals surface area contributed by atoms with E-state index in [1.165, 1.54) is 29.8 Å². The van der Waals surface area contributed by atoms with Crippen LogP contribution in [-0.2, 0) is 5.41 Å². The van der Waals surface area contributed by atoms with E-state index >= 15 is 0 Å². The van der Waals surface area contributed by atoms with E-state index in [2.05, 4.69) is 61.3 Å². The fourth-order valence-electron chi connectivity index (χ4n) is 5.51. The first-order valence-corrected chi connectivity index (χ1v) is 11.1. The van der Waals surface area contributed by atoms with Gasteiger partial charge in [0.15, 0.2) is 0 Å². The molecule has 0 bridgehead atoms. The van der Waals surface area contributed by atoms with Gasteiger partial charge in [0.1, 0.15) is 17.8 Å². The third-order valence-corrected chi connectivity index (χ3v) is 7.32. The maximum atomic E-state index is 4.72. The normalized spacial score (nSPS) is 21.5. The summed E-state index contributed by atoms with van der Waals surface area (Å²) in [7, 11) is 2.21. The molecule has 0 saturated carbocycles. The SMILES string of the molecule is CN1CCN(c2ccc3c(c2)C2(CCNCC2)CN3c2ncnc3[nH]ccc23)CC1. The molecule has 0 unspecified atom stereocenters. The molecule has 2 saturated heterocycles. The number of aromatic nitrogens is 3. The first-order valence-electron chi connectivity index (χ1n) is 11.1. The van der Waals surface area contributed by atoms with Crippen molar-refractivity contribution in [2.45, 2.75) is 18.3 Å². The van der Waals surface area contributed by atoms with Crippen LogP contribution in [0.1, 0.15) is 18.4 Å². The summed E-state index contributed by atoms with van der Waals surface area (Å²) in [5.41, 5.74) is 5.29. The van der Waals surface area contributed by atoms with Gasteiger partial charge < -0.3 is 25.0 Å². The molecular weight excluding hydrogens is 374 g/mol. The van der Waals surface area contributed by atoms with Crippen molar-refractivity contribution in [1.29, 1.82) is 0 Å². The van der Waals surface area contributed by atoms with Crippen LogP contribution in [0.15, 0.2) is 36.8 Å². The Bertz CT molecular complexity index is 1060. The molecule has 2 fully saturated rings. The molecule has 2 N–H and O–H groups in total. The maximum absolute atomic E-state index is 4.72. The van der Waals surface area contributed by atoms with Crippen molar-refractivity contribution in [2.75, 3.05) is 62.7 Å². The molecular formula is C23H29N7. The zero-order valence-electron chi connectivity index (χ0n) is 17.6. The summed E-state index contributed by atoms with van der Waals surface area (Å²) in [6, 6.07) is 9.23. The van der Waals surface area contributed by atoms with Gasteiger partial charge in [-0.05, 0) is 62.8 Å². The highest BCUT2D eigenvalue weighted by Crippen LogP contribution is 2.50. The highest BCUT2D eigenvalue weighted by molar-refractivity contribution is 5.91. The second-order valence-corrected chi connectivity index (χ2v) is 9.05. The monoisotopic (exact) mass is 403 g/mol. The van der Waals surface area contributed by atoms with Gasteiger partial charge in [-0.25, -0.2) is 9.97 Å². The van der Waals surface area contributed by atoms with Gasteiger partial charge in [0.25, 0.3) is 0 Å². The molecule has 1 aromatic carbocycles. The van der Waals surface area contributed by atoms with Crippen LogP contribution in [0, 0.1) is 0 Å². The average molecular weight is 404 g/mol. The van der Waals surface area contributed by atoms with E-state index in [9.17, 15) is 0 Å². The van der Waals surface area contributed by atoms with Crippen LogP contribution >= 0.6 is 0 Å². The van der Waals surface area contributed by atoms with Crippen LogP contribution in [-0.4, -0.2) is 72.7 Å². The molecule has 2 aromatic heterocycles. The van der Waals surface area contributed by atoms with Gasteiger partial charge in [-0.2, -0.15) is 0 Å². The van der Waals surface area contributed by atoms with E-state index in [4.69, 9.17) is 4.98 Å². The first-order chi connectivity index (χ1) is 14.7. The Morgan fingerprint density at radius 3 is 2.67 bits per heavy atom. The van der Waals surface area contributed by atoms with Gasteiger partial charge >= 0.3 is 0 Å². The van der Waals surface area contributed by atoms with Crippen molar-refractivity contribution in [1.82, 2.24) is 25.2 Å². The number of H-pyrrole nitrogens is 1. The number of rotatable bonds is 2. The van der Waals surface area contributed by atoms with Crippen molar-refractivity contribution < 1.29 is 0 Å². The predicted molar refractivity (Wildman–Crippen MR) is 121 cm³/mol. The number of piperidine rings is 1. The van der Waals surface area contributed by atoms with E-state index in [1.807, 2.05) is 6.20 Å². The Balaban J connectivity index is 1.44. The summed E-state index contributed by atoms with van der Waals surface area (Å²) in [5, 5.41) is 4.66. The fourth-order valence-corrected chi connectivity index (χ4v) is 5.51. The number of piperazine rings is 1. The Labute approximate surface area is 177 Å². The summed E-state index contributed by atoms with van der Waals surface area (Å²) < 4.78 is 0. The number of nitrogens with one attached hydrogen (secondary N) is 2. The number of aromatic amines is 1. The van der Waals surface area contributed by atoms with Crippen molar-refractivity contribution in [2.24, 2.45) is 0 Å². The third-order valence-electron chi connectivity index (χ3n) is 7.32. The van der Waals surface area contributed by atoms with Crippen molar-refractivity contribution in [3.8, 4) is 0 Å². The maximum Gasteiger partial charge on any atom is 0.145 e. The van der Waals surface area contributed by atoms with Crippen LogP contribution in [0.2, 0.25) is 0 Å². The van der Waals surface area contributed by atoms with Gasteiger partial charge in [0.05, 0.1) is 5.39 Å². The van der Waals surface area contributed by atoms with E-state index in [0.717, 1.165) is 62.7 Å². The minimum Gasteiger partial charge on any atom is -0.369 e. The lowest BCUT2D eigenvalue weighted by Crippen LogP contribution is -2.44. The van der Waals surface area contributed by atoms with Crippen molar-refractivity contribution in [3.63, 3.8) is 0 Å². The fraction of sp³-hybridized carbons (Fsp3) is 0.478. The lowest BCUT2D eigenvalue weighted by Gasteiger charge is -2.36. The molecule has 156 valence electrons. The highest BCUT2D eigenvalue weighted by atomic mass is 15.3. The number of anilines is 3. The molecule has 3 aliphatic heterocycles. The summed E-state index contributed by atoms with van der Waals surface area (Å²) >= 11 is 0. The number of nitrogens with zero attached hydrogens (tertiary/aromatic N) is 5. The zero-order valence-corrected chi connectivity index (χ0v) is 17.6. The number of likely N-dealkylation sites (N-methyl/N-ethyl adjacent to an activating group) is 1. The smallest absolute Gasteiger partial charge is 0.145 e. The summed E-state index contributed by atoms with van der Waals surface area (Å²) in [5.74, 6) is 1.02. The van der Waals surface area contributed by atoms with Crippen LogP contribution in [0.5, 0.6) is 0 Å². The third kappa shape index (κ3) is 2.80. The van der Waals surface area contributed by atoms with Gasteiger partial charge in [-0.3, -0.25) is 0 Å². The molecule has 0 radical (unpaired) electrons. The first kappa shape index (κ1) is 18.2. The molecule has 3 aliphatic rings. The van der Waals surface area contributed by atoms with Gasteiger partial charge in [-0.15, -0.1) is 0 Å². The molecule has 5 heterocycles. The van der Waals surface area contributed by atoms with Crippen LogP contribution < -0.4 is 15.1 Å². The van der Waals surface area contributed by atoms with Gasteiger partial charge in [0.2, 0.25) is 0 Å². The van der Waals surface area contributed by atoms with Crippen LogP contribution in [0.25, 0.3) is 11.0 Å². The number of hydrogen-bond acceptors (Lipinski definition) is 6. The zero-order chi connectivity index (χ0) is 20.1. The topological polar surface area (TPSA) is 63.3 Å². The second kappa shape index (κ2) is 6.96. The lowest BCUT2D eigenvalue weighted by atomic mass is 9.74. The summed E-state index contributed by atoms with van der Waals surface area (Å²) in [6.45, 7) is 7.61. The van der Waals surface area contributed by atoms with E-state index in [1.54, 1.807) is 6.33 Å². The standard InChI is InChI=1S/C23H29N7/c1-28-10-12-29(13-11-28)17-2-3-20-19(14-17)23(5-8-24-9-6-23)15-30(20)22-18-4-7-25-21(18)26-16-27-22/h2-4,7,14,16,24H,5-6,8-13,15H2,1H3,(H,25,26,27). The summed E-state index contributed by atoms with van der Waals surface area (Å²) in [4.78, 5) is 19.8. The largest absolute Gasteiger partial charge is 0.369 e. The van der Waals surface area contributed by atoms with Gasteiger partial charge in [-0.1, -0.05) is 0 Å². The van der Waals surface area contributed by atoms with Gasteiger partial charge in [0, 0.05) is 55.7 Å². The summed E-state index contributed by atoms with van der Waals surface area (Å²) in [6.07, 6.45) is 5.98. The molecule has 30 heavy (non-hydrogen) atoms. The Morgan fingerprint density at radius 1 is 1.00 bits per heavy atom. The quantitative estimate of drug-likeness (QED) is 0.686. The molecule has 6 rings (SSSR count). The number of benzene rings is 1. The molecule has 1 spiro atoms.